The number of hydrogen-bond donors (Lipinski definition) is 3. The number of carbonyl (C=O) groups excluding carboxylic acids is 3. The molecule has 0 aliphatic rings. The zero-order valence-electron chi connectivity index (χ0n) is 27.7. The van der Waals surface area contributed by atoms with Gasteiger partial charge in [0, 0.05) is 39.2 Å². The Labute approximate surface area is 307 Å². The molecule has 6 aromatic rings. The Morgan fingerprint density at radius 3 is 2.23 bits per heavy atom. The summed E-state index contributed by atoms with van der Waals surface area (Å²) in [6.07, 6.45) is 1.65. The second-order valence-corrected chi connectivity index (χ2v) is 13.5. The molecule has 0 fully saturated rings. The largest absolute Gasteiger partial charge is 0.321 e. The van der Waals surface area contributed by atoms with Gasteiger partial charge in [-0.05, 0) is 66.1 Å². The minimum absolute atomic E-state index is 0.0452. The highest BCUT2D eigenvalue weighted by molar-refractivity contribution is 8.00. The van der Waals surface area contributed by atoms with Crippen LogP contribution in [0.5, 0.6) is 0 Å². The lowest BCUT2D eigenvalue weighted by molar-refractivity contribution is -0.384. The van der Waals surface area contributed by atoms with E-state index in [2.05, 4.69) is 20.9 Å². The summed E-state index contributed by atoms with van der Waals surface area (Å²) in [7, 11) is 0. The Morgan fingerprint density at radius 2 is 1.52 bits per heavy atom. The van der Waals surface area contributed by atoms with Crippen LogP contribution < -0.4 is 16.0 Å². The number of benzene rings is 5. The van der Waals surface area contributed by atoms with E-state index in [-0.39, 0.29) is 17.3 Å². The summed E-state index contributed by atoms with van der Waals surface area (Å²) in [5, 5.41) is 21.2. The summed E-state index contributed by atoms with van der Waals surface area (Å²) in [4.78, 5) is 56.3. The van der Waals surface area contributed by atoms with Crippen molar-refractivity contribution < 1.29 is 19.3 Å². The second-order valence-electron chi connectivity index (χ2n) is 11.5. The average Bonchev–Trinajstić information content (AvgIpc) is 3.64. The van der Waals surface area contributed by atoms with Crippen molar-refractivity contribution in [1.29, 1.82) is 0 Å². The molecule has 10 nitrogen and oxygen atoms in total. The number of non-ortho nitro benzene ring substituents is 1. The van der Waals surface area contributed by atoms with E-state index < -0.39 is 22.0 Å². The predicted octanol–water partition coefficient (Wildman–Crippen LogP) is 8.91. The molecule has 1 atom stereocenters. The van der Waals surface area contributed by atoms with Gasteiger partial charge in [-0.25, -0.2) is 4.98 Å². The first-order valence-corrected chi connectivity index (χ1v) is 17.8. The Bertz CT molecular complexity index is 2260. The van der Waals surface area contributed by atoms with Crippen molar-refractivity contribution in [2.45, 2.75) is 17.1 Å². The fourth-order valence-corrected chi connectivity index (χ4v) is 6.86. The fraction of sp³-hybridized carbons (Fsp3) is 0.0500. The van der Waals surface area contributed by atoms with Gasteiger partial charge in [-0.15, -0.1) is 23.1 Å². The highest BCUT2D eigenvalue weighted by Gasteiger charge is 2.24. The standard InChI is InChI=1S/C40H31N5O5S2/c1-26-11-8-9-16-29(26)24-34(42-37(46)28-14-6-3-7-15-28)38(47)41-31-19-21-33(22-20-31)52-36(27-12-4-2-5-13-27)39(48)44-40-43-35(25-51-40)30-17-10-18-32(23-30)45(49)50/h2-25,36H,1H3,(H,41,47)(H,42,46)(H,43,44,48)/b34-24-. The van der Waals surface area contributed by atoms with Gasteiger partial charge in [-0.1, -0.05) is 84.9 Å². The summed E-state index contributed by atoms with van der Waals surface area (Å²) in [5.74, 6) is -1.21. The number of nitrogens with one attached hydrogen (secondary N) is 3. The summed E-state index contributed by atoms with van der Waals surface area (Å²) in [6, 6.07) is 38.8. The lowest BCUT2D eigenvalue weighted by Crippen LogP contribution is -2.30. The molecule has 3 N–H and O–H groups in total. The van der Waals surface area contributed by atoms with Crippen LogP contribution in [0.15, 0.2) is 149 Å². The number of nitro groups is 1. The molecule has 52 heavy (non-hydrogen) atoms. The summed E-state index contributed by atoms with van der Waals surface area (Å²) < 4.78 is 0. The normalized spacial score (nSPS) is 11.7. The third-order valence-electron chi connectivity index (χ3n) is 7.81. The monoisotopic (exact) mass is 725 g/mol. The molecule has 0 saturated heterocycles. The van der Waals surface area contributed by atoms with E-state index >= 15 is 0 Å². The molecular formula is C40H31N5O5S2. The molecule has 0 aliphatic heterocycles. The molecule has 6 rings (SSSR count). The highest BCUT2D eigenvalue weighted by atomic mass is 32.2. The number of carbonyl (C=O) groups is 3. The van der Waals surface area contributed by atoms with Gasteiger partial charge >= 0.3 is 0 Å². The van der Waals surface area contributed by atoms with Gasteiger partial charge in [0.2, 0.25) is 5.91 Å². The number of nitro benzene ring substituents is 1. The summed E-state index contributed by atoms with van der Waals surface area (Å²) in [5.41, 5.74) is 4.55. The molecule has 0 bridgehead atoms. The highest BCUT2D eigenvalue weighted by Crippen LogP contribution is 2.37. The first kappa shape index (κ1) is 35.5. The van der Waals surface area contributed by atoms with Crippen molar-refractivity contribution in [2.24, 2.45) is 0 Å². The van der Waals surface area contributed by atoms with Crippen LogP contribution in [0.2, 0.25) is 0 Å². The number of aryl methyl sites for hydroxylation is 1. The third-order valence-corrected chi connectivity index (χ3v) is 9.83. The van der Waals surface area contributed by atoms with Crippen molar-refractivity contribution in [3.8, 4) is 11.3 Å². The lowest BCUT2D eigenvalue weighted by Gasteiger charge is -2.17. The maximum absolute atomic E-state index is 13.7. The lowest BCUT2D eigenvalue weighted by atomic mass is 10.1. The van der Waals surface area contributed by atoms with Crippen molar-refractivity contribution in [3.63, 3.8) is 0 Å². The van der Waals surface area contributed by atoms with Crippen LogP contribution in [0, 0.1) is 17.0 Å². The number of thiazole rings is 1. The van der Waals surface area contributed by atoms with Gasteiger partial charge in [0.05, 0.1) is 10.6 Å². The first-order chi connectivity index (χ1) is 25.2. The van der Waals surface area contributed by atoms with E-state index in [9.17, 15) is 24.5 Å². The fourth-order valence-electron chi connectivity index (χ4n) is 5.11. The number of hydrogen-bond acceptors (Lipinski definition) is 8. The maximum atomic E-state index is 13.7. The van der Waals surface area contributed by atoms with Gasteiger partial charge in [-0.3, -0.25) is 24.5 Å². The molecule has 0 aliphatic carbocycles. The minimum Gasteiger partial charge on any atom is -0.321 e. The average molecular weight is 726 g/mol. The predicted molar refractivity (Wildman–Crippen MR) is 206 cm³/mol. The Hall–Kier alpha value is -6.37. The maximum Gasteiger partial charge on any atom is 0.272 e. The molecule has 1 unspecified atom stereocenters. The second kappa shape index (κ2) is 16.6. The van der Waals surface area contributed by atoms with Crippen LogP contribution in [-0.2, 0) is 9.59 Å². The van der Waals surface area contributed by atoms with Gasteiger partial charge in [0.25, 0.3) is 17.5 Å². The minimum atomic E-state index is -0.649. The van der Waals surface area contributed by atoms with Gasteiger partial charge in [-0.2, -0.15) is 0 Å². The number of thioether (sulfide) groups is 1. The summed E-state index contributed by atoms with van der Waals surface area (Å²) >= 11 is 2.56. The van der Waals surface area contributed by atoms with Crippen LogP contribution in [-0.4, -0.2) is 27.6 Å². The topological polar surface area (TPSA) is 143 Å². The summed E-state index contributed by atoms with van der Waals surface area (Å²) in [6.45, 7) is 1.92. The van der Waals surface area contributed by atoms with Crippen LogP contribution in [0.1, 0.15) is 32.3 Å². The van der Waals surface area contributed by atoms with E-state index in [1.807, 2.05) is 67.6 Å². The molecule has 1 aromatic heterocycles. The number of anilines is 2. The van der Waals surface area contributed by atoms with E-state index in [0.717, 1.165) is 21.6 Å². The van der Waals surface area contributed by atoms with Gasteiger partial charge in [0.15, 0.2) is 5.13 Å². The molecule has 12 heteroatoms. The number of aromatic nitrogens is 1. The zero-order chi connectivity index (χ0) is 36.5. The van der Waals surface area contributed by atoms with Crippen molar-refractivity contribution in [2.75, 3.05) is 10.6 Å². The quantitative estimate of drug-likeness (QED) is 0.0495. The van der Waals surface area contributed by atoms with Gasteiger partial charge < -0.3 is 16.0 Å². The molecule has 0 radical (unpaired) electrons. The number of nitrogens with zero attached hydrogens (tertiary/aromatic N) is 2. The van der Waals surface area contributed by atoms with E-state index in [0.29, 0.717) is 27.6 Å². The molecular weight excluding hydrogens is 695 g/mol. The molecule has 3 amide bonds. The van der Waals surface area contributed by atoms with Crippen molar-refractivity contribution in [1.82, 2.24) is 10.3 Å². The molecule has 258 valence electrons. The van der Waals surface area contributed by atoms with Crippen LogP contribution in [0.25, 0.3) is 17.3 Å². The van der Waals surface area contributed by atoms with E-state index in [1.54, 1.807) is 72.1 Å². The Morgan fingerprint density at radius 1 is 0.827 bits per heavy atom. The number of amides is 3. The smallest absolute Gasteiger partial charge is 0.272 e. The van der Waals surface area contributed by atoms with Crippen LogP contribution in [0.4, 0.5) is 16.5 Å². The van der Waals surface area contributed by atoms with Crippen molar-refractivity contribution in [3.05, 3.63) is 177 Å². The Balaban J connectivity index is 1.17. The van der Waals surface area contributed by atoms with E-state index in [1.165, 1.54) is 35.2 Å². The van der Waals surface area contributed by atoms with E-state index in [4.69, 9.17) is 0 Å². The SMILES string of the molecule is Cc1ccccc1/C=C(\NC(=O)c1ccccc1)C(=O)Nc1ccc(SC(C(=O)Nc2nc(-c3cccc([N+](=O)[O-])c3)cs2)c2ccccc2)cc1. The molecule has 5 aromatic carbocycles. The van der Waals surface area contributed by atoms with Crippen molar-refractivity contribution >= 4 is 63.4 Å². The van der Waals surface area contributed by atoms with Crippen LogP contribution >= 0.6 is 23.1 Å². The molecule has 0 spiro atoms. The first-order valence-electron chi connectivity index (χ1n) is 16.0. The van der Waals surface area contributed by atoms with Gasteiger partial charge in [0.1, 0.15) is 10.9 Å². The van der Waals surface area contributed by atoms with Crippen LogP contribution in [0.3, 0.4) is 0 Å². The molecule has 1 heterocycles. The Kier molecular flexibility index (Phi) is 11.3. The zero-order valence-corrected chi connectivity index (χ0v) is 29.3. The number of rotatable bonds is 12. The third kappa shape index (κ3) is 9.04. The molecule has 0 saturated carbocycles.